The number of aliphatic hydroxyl groups excluding tert-OH is 1. The largest absolute Gasteiger partial charge is 0.490 e. The van der Waals surface area contributed by atoms with Gasteiger partial charge < -0.3 is 15.2 Å². The molecule has 0 bridgehead atoms. The summed E-state index contributed by atoms with van der Waals surface area (Å²) in [5.74, 6) is 0.821. The van der Waals surface area contributed by atoms with Gasteiger partial charge in [0.15, 0.2) is 0 Å². The summed E-state index contributed by atoms with van der Waals surface area (Å²) in [6, 6.07) is 14.4. The van der Waals surface area contributed by atoms with Crippen molar-refractivity contribution in [3.63, 3.8) is 0 Å². The minimum atomic E-state index is -0.499. The molecular formula is C16H21NO2. The molecule has 0 saturated carbocycles. The Morgan fingerprint density at radius 1 is 1.11 bits per heavy atom. The summed E-state index contributed by atoms with van der Waals surface area (Å²) in [6.07, 6.45) is -0.499. The molecule has 2 aromatic rings. The zero-order valence-corrected chi connectivity index (χ0v) is 11.5. The van der Waals surface area contributed by atoms with Gasteiger partial charge in [-0.05, 0) is 11.5 Å². The highest BCUT2D eigenvalue weighted by molar-refractivity contribution is 5.88. The van der Waals surface area contributed by atoms with Gasteiger partial charge in [-0.25, -0.2) is 0 Å². The van der Waals surface area contributed by atoms with Crippen molar-refractivity contribution in [2.75, 3.05) is 13.2 Å². The quantitative estimate of drug-likeness (QED) is 0.785. The van der Waals surface area contributed by atoms with Gasteiger partial charge in [0.1, 0.15) is 18.5 Å². The zero-order chi connectivity index (χ0) is 13.7. The van der Waals surface area contributed by atoms with Crippen LogP contribution in [0.4, 0.5) is 0 Å². The van der Waals surface area contributed by atoms with Gasteiger partial charge in [0.2, 0.25) is 0 Å². The van der Waals surface area contributed by atoms with E-state index in [9.17, 15) is 5.11 Å². The fourth-order valence-electron chi connectivity index (χ4n) is 1.94. The van der Waals surface area contributed by atoms with Crippen LogP contribution in [0.5, 0.6) is 5.75 Å². The van der Waals surface area contributed by atoms with Crippen LogP contribution in [0, 0.1) is 0 Å². The highest BCUT2D eigenvalue weighted by atomic mass is 18.3. The summed E-state index contributed by atoms with van der Waals surface area (Å²) in [4.78, 5) is 0. The van der Waals surface area contributed by atoms with Gasteiger partial charge >= 0.3 is 0 Å². The second-order valence-electron chi connectivity index (χ2n) is 5.01. The summed E-state index contributed by atoms with van der Waals surface area (Å²) >= 11 is 0. The molecule has 2 rings (SSSR count). The first-order valence-electron chi connectivity index (χ1n) is 6.69. The lowest BCUT2D eigenvalue weighted by atomic mass is 10.1. The monoisotopic (exact) mass is 261 g/mol. The number of ether oxygens (including phenoxy) is 1. The molecule has 0 saturated heterocycles. The molecule has 0 aliphatic heterocycles. The molecule has 0 radical (unpaired) electrons. The number of hydrogen-bond acceptors (Lipinski definition) is 3. The number of rotatable bonds is 6. The molecule has 3 nitrogen and oxygen atoms in total. The van der Waals surface area contributed by atoms with Crippen LogP contribution >= 0.6 is 0 Å². The Balaban J connectivity index is 1.98. The molecular weight excluding hydrogens is 240 g/mol. The van der Waals surface area contributed by atoms with Crippen molar-refractivity contribution in [1.82, 2.24) is 5.32 Å². The normalized spacial score (nSPS) is 12.8. The van der Waals surface area contributed by atoms with E-state index >= 15 is 0 Å². The molecule has 0 fully saturated rings. The predicted octanol–water partition coefficient (Wildman–Crippen LogP) is 2.58. The van der Waals surface area contributed by atoms with Crippen molar-refractivity contribution in [2.24, 2.45) is 0 Å². The Hall–Kier alpha value is -1.58. The Morgan fingerprint density at radius 3 is 2.63 bits per heavy atom. The summed E-state index contributed by atoms with van der Waals surface area (Å²) < 4.78 is 5.72. The molecule has 102 valence electrons. The zero-order valence-electron chi connectivity index (χ0n) is 11.5. The van der Waals surface area contributed by atoms with E-state index in [0.29, 0.717) is 19.2 Å². The molecule has 0 heterocycles. The Morgan fingerprint density at radius 2 is 1.84 bits per heavy atom. The van der Waals surface area contributed by atoms with Crippen LogP contribution in [0.25, 0.3) is 10.8 Å². The number of nitrogens with one attached hydrogen (secondary N) is 1. The molecule has 1 atom stereocenters. The highest BCUT2D eigenvalue weighted by Gasteiger charge is 2.07. The van der Waals surface area contributed by atoms with Crippen LogP contribution < -0.4 is 10.1 Å². The Bertz CT molecular complexity index is 520. The van der Waals surface area contributed by atoms with E-state index in [4.69, 9.17) is 4.74 Å². The second-order valence-corrected chi connectivity index (χ2v) is 5.01. The van der Waals surface area contributed by atoms with E-state index in [0.717, 1.165) is 16.5 Å². The standard InChI is InChI=1S/C16H21NO2/c1-12(2)17-10-14(18)11-19-16-9-5-7-13-6-3-4-8-15(13)16/h3-9,12,14,17-18H,10-11H2,1-2H3/i19+2. The summed E-state index contributed by atoms with van der Waals surface area (Å²) in [5, 5.41) is 15.3. The maximum absolute atomic E-state index is 9.84. The van der Waals surface area contributed by atoms with Crippen molar-refractivity contribution in [2.45, 2.75) is 26.0 Å². The van der Waals surface area contributed by atoms with Gasteiger partial charge in [0, 0.05) is 18.0 Å². The van der Waals surface area contributed by atoms with Gasteiger partial charge in [0.05, 0.1) is 0 Å². The number of benzene rings is 2. The van der Waals surface area contributed by atoms with Crippen LogP contribution in [0.15, 0.2) is 42.5 Å². The molecule has 2 aromatic carbocycles. The first-order chi connectivity index (χ1) is 9.16. The third-order valence-electron chi connectivity index (χ3n) is 2.94. The van der Waals surface area contributed by atoms with Crippen molar-refractivity contribution in [1.29, 1.82) is 0 Å². The number of hydrogen-bond donors (Lipinski definition) is 2. The summed E-state index contributed by atoms with van der Waals surface area (Å²) in [6.45, 7) is 4.95. The second kappa shape index (κ2) is 6.55. The van der Waals surface area contributed by atoms with Crippen LogP contribution in [0.3, 0.4) is 0 Å². The molecule has 0 spiro atoms. The maximum atomic E-state index is 9.84. The van der Waals surface area contributed by atoms with Crippen molar-refractivity contribution in [3.8, 4) is 5.75 Å². The van der Waals surface area contributed by atoms with E-state index in [1.54, 1.807) is 0 Å². The average Bonchev–Trinajstić information content (AvgIpc) is 2.42. The van der Waals surface area contributed by atoms with E-state index in [2.05, 4.69) is 31.3 Å². The Kier molecular flexibility index (Phi) is 4.77. The molecule has 0 aliphatic carbocycles. The van der Waals surface area contributed by atoms with Crippen LogP contribution in [-0.4, -0.2) is 30.4 Å². The molecule has 1 unspecified atom stereocenters. The fourth-order valence-corrected chi connectivity index (χ4v) is 1.94. The van der Waals surface area contributed by atoms with Crippen molar-refractivity contribution < 1.29 is 9.84 Å². The first-order valence-corrected chi connectivity index (χ1v) is 6.69. The molecule has 3 heteroatoms. The van der Waals surface area contributed by atoms with Crippen LogP contribution in [0.2, 0.25) is 0 Å². The lowest BCUT2D eigenvalue weighted by Gasteiger charge is -2.15. The summed E-state index contributed by atoms with van der Waals surface area (Å²) in [7, 11) is 0. The molecule has 0 amide bonds. The van der Waals surface area contributed by atoms with Crippen molar-refractivity contribution >= 4 is 10.8 Å². The van der Waals surface area contributed by atoms with Crippen molar-refractivity contribution in [3.05, 3.63) is 42.5 Å². The first kappa shape index (κ1) is 13.8. The SMILES string of the molecule is CC(C)NCC(O)C[18O]c1cccc2ccccc12. The van der Waals surface area contributed by atoms with Crippen LogP contribution in [-0.2, 0) is 0 Å². The highest BCUT2D eigenvalue weighted by Crippen LogP contribution is 2.25. The van der Waals surface area contributed by atoms with Gasteiger partial charge in [-0.3, -0.25) is 0 Å². The maximum Gasteiger partial charge on any atom is 0.127 e. The molecule has 0 aliphatic rings. The summed E-state index contributed by atoms with van der Waals surface area (Å²) in [5.41, 5.74) is 0. The minimum absolute atomic E-state index is 0.299. The van der Waals surface area contributed by atoms with Crippen LogP contribution in [0.1, 0.15) is 13.8 Å². The van der Waals surface area contributed by atoms with Gasteiger partial charge in [0.25, 0.3) is 0 Å². The van der Waals surface area contributed by atoms with Gasteiger partial charge in [-0.15, -0.1) is 0 Å². The van der Waals surface area contributed by atoms with Gasteiger partial charge in [-0.2, -0.15) is 0 Å². The Labute approximate surface area is 114 Å². The molecule has 0 aromatic heterocycles. The third-order valence-corrected chi connectivity index (χ3v) is 2.94. The van der Waals surface area contributed by atoms with E-state index in [1.807, 2.05) is 30.3 Å². The lowest BCUT2D eigenvalue weighted by Crippen LogP contribution is -2.35. The minimum Gasteiger partial charge on any atom is -0.490 e. The predicted molar refractivity (Wildman–Crippen MR) is 78.6 cm³/mol. The van der Waals surface area contributed by atoms with E-state index < -0.39 is 6.10 Å². The number of aliphatic hydroxyl groups is 1. The van der Waals surface area contributed by atoms with E-state index in [1.165, 1.54) is 0 Å². The number of fused-ring (bicyclic) bond motifs is 1. The molecule has 2 N–H and O–H groups in total. The topological polar surface area (TPSA) is 41.5 Å². The molecule has 19 heavy (non-hydrogen) atoms. The van der Waals surface area contributed by atoms with E-state index in [-0.39, 0.29) is 0 Å². The average molecular weight is 261 g/mol. The smallest absolute Gasteiger partial charge is 0.127 e. The third kappa shape index (κ3) is 3.94. The lowest BCUT2D eigenvalue weighted by molar-refractivity contribution is 0.105. The van der Waals surface area contributed by atoms with Gasteiger partial charge in [-0.1, -0.05) is 50.2 Å². The fraction of sp³-hybridized carbons (Fsp3) is 0.375.